The van der Waals surface area contributed by atoms with Crippen LogP contribution in [0.3, 0.4) is 0 Å². The van der Waals surface area contributed by atoms with Crippen LogP contribution in [0, 0.1) is 5.92 Å². The van der Waals surface area contributed by atoms with Crippen molar-refractivity contribution in [3.8, 4) is 0 Å². The molecule has 0 aromatic rings. The van der Waals surface area contributed by atoms with Crippen LogP contribution in [0.2, 0.25) is 0 Å². The summed E-state index contributed by atoms with van der Waals surface area (Å²) in [4.78, 5) is 0. The highest BCUT2D eigenvalue weighted by molar-refractivity contribution is 5.33. The zero-order valence-electron chi connectivity index (χ0n) is 7.45. The Balaban J connectivity index is 2.89. The Morgan fingerprint density at radius 2 is 2.09 bits per heavy atom. The largest absolute Gasteiger partial charge is 0.207 e. The zero-order valence-corrected chi connectivity index (χ0v) is 7.45. The second kappa shape index (κ2) is 3.21. The summed E-state index contributed by atoms with van der Waals surface area (Å²) >= 11 is 0. The van der Waals surface area contributed by atoms with Crippen molar-refractivity contribution < 1.29 is 4.39 Å². The third-order valence-electron chi connectivity index (χ3n) is 2.13. The first-order valence-electron chi connectivity index (χ1n) is 4.18. The number of hydrogen-bond acceptors (Lipinski definition) is 0. The summed E-state index contributed by atoms with van der Waals surface area (Å²) < 4.78 is 13.3. The summed E-state index contributed by atoms with van der Waals surface area (Å²) in [6, 6.07) is 0. The van der Waals surface area contributed by atoms with Crippen molar-refractivity contribution in [2.24, 2.45) is 5.92 Å². The molecule has 1 aliphatic rings. The van der Waals surface area contributed by atoms with Gasteiger partial charge < -0.3 is 0 Å². The predicted octanol–water partition coefficient (Wildman–Crippen LogP) is 3.61. The lowest BCUT2D eigenvalue weighted by Crippen LogP contribution is -2.01. The van der Waals surface area contributed by atoms with Crippen LogP contribution in [0.5, 0.6) is 0 Å². The lowest BCUT2D eigenvalue weighted by Gasteiger charge is -2.16. The van der Waals surface area contributed by atoms with Gasteiger partial charge >= 0.3 is 0 Å². The van der Waals surface area contributed by atoms with E-state index in [1.165, 1.54) is 0 Å². The molecule has 0 atom stereocenters. The van der Waals surface area contributed by atoms with E-state index < -0.39 is 0 Å². The normalized spacial score (nSPS) is 19.2. The van der Waals surface area contributed by atoms with Crippen LogP contribution >= 0.6 is 0 Å². The second-order valence-corrected chi connectivity index (χ2v) is 3.45. The summed E-state index contributed by atoms with van der Waals surface area (Å²) in [5.41, 5.74) is 1.81. The lowest BCUT2D eigenvalue weighted by atomic mass is 9.92. The summed E-state index contributed by atoms with van der Waals surface area (Å²) in [6.45, 7) is 5.94. The standard InChI is InChI=1S/C10H15F/c1-7(2)9-6-4-5-8(3)10(9)11/h6-7H,4-5H2,1-3H3. The van der Waals surface area contributed by atoms with Gasteiger partial charge in [0.05, 0.1) is 0 Å². The van der Waals surface area contributed by atoms with Crippen LogP contribution in [0.25, 0.3) is 0 Å². The number of halogens is 1. The van der Waals surface area contributed by atoms with Crippen molar-refractivity contribution in [2.75, 3.05) is 0 Å². The van der Waals surface area contributed by atoms with Gasteiger partial charge in [-0.2, -0.15) is 0 Å². The van der Waals surface area contributed by atoms with Crippen LogP contribution in [0.15, 0.2) is 23.0 Å². The Labute approximate surface area is 67.8 Å². The molecular formula is C10H15F. The SMILES string of the molecule is CC1=C(F)C(C(C)C)=CCC1. The molecule has 11 heavy (non-hydrogen) atoms. The molecule has 0 unspecified atom stereocenters. The smallest absolute Gasteiger partial charge is 0.125 e. The molecule has 62 valence electrons. The summed E-state index contributed by atoms with van der Waals surface area (Å²) in [5.74, 6) is 0.358. The van der Waals surface area contributed by atoms with Gasteiger partial charge in [-0.1, -0.05) is 19.9 Å². The third kappa shape index (κ3) is 1.70. The minimum Gasteiger partial charge on any atom is -0.207 e. The van der Waals surface area contributed by atoms with Crippen LogP contribution in [0.1, 0.15) is 33.6 Å². The summed E-state index contributed by atoms with van der Waals surface area (Å²) in [5, 5.41) is 0. The van der Waals surface area contributed by atoms with Crippen LogP contribution in [-0.4, -0.2) is 0 Å². The first kappa shape index (κ1) is 8.51. The highest BCUT2D eigenvalue weighted by Crippen LogP contribution is 2.30. The number of allylic oxidation sites excluding steroid dienone is 4. The van der Waals surface area contributed by atoms with Gasteiger partial charge in [0.2, 0.25) is 0 Å². The maximum Gasteiger partial charge on any atom is 0.125 e. The van der Waals surface area contributed by atoms with E-state index in [2.05, 4.69) is 0 Å². The van der Waals surface area contributed by atoms with E-state index in [-0.39, 0.29) is 5.83 Å². The van der Waals surface area contributed by atoms with E-state index in [9.17, 15) is 4.39 Å². The Bertz CT molecular complexity index is 209. The molecule has 0 aromatic heterocycles. The molecule has 0 amide bonds. The maximum atomic E-state index is 13.3. The zero-order chi connectivity index (χ0) is 8.43. The van der Waals surface area contributed by atoms with Gasteiger partial charge in [0, 0.05) is 0 Å². The van der Waals surface area contributed by atoms with E-state index >= 15 is 0 Å². The fourth-order valence-corrected chi connectivity index (χ4v) is 1.38. The third-order valence-corrected chi connectivity index (χ3v) is 2.13. The highest BCUT2D eigenvalue weighted by Gasteiger charge is 2.14. The number of rotatable bonds is 1. The Kier molecular flexibility index (Phi) is 2.48. The minimum absolute atomic E-state index is 0.0336. The monoisotopic (exact) mass is 154 g/mol. The summed E-state index contributed by atoms with van der Waals surface area (Å²) in [6.07, 6.45) is 3.92. The molecule has 0 spiro atoms. The van der Waals surface area contributed by atoms with Gasteiger partial charge in [-0.05, 0) is 36.8 Å². The van der Waals surface area contributed by atoms with Gasteiger partial charge in [0.15, 0.2) is 0 Å². The molecule has 0 bridgehead atoms. The quantitative estimate of drug-likeness (QED) is 0.541. The average Bonchev–Trinajstić information content (AvgIpc) is 1.94. The van der Waals surface area contributed by atoms with Crippen molar-refractivity contribution >= 4 is 0 Å². The predicted molar refractivity (Wildman–Crippen MR) is 46.0 cm³/mol. The molecule has 1 aliphatic carbocycles. The van der Waals surface area contributed by atoms with E-state index in [1.807, 2.05) is 26.8 Å². The van der Waals surface area contributed by atoms with Crippen molar-refractivity contribution in [2.45, 2.75) is 33.6 Å². The van der Waals surface area contributed by atoms with Crippen LogP contribution in [-0.2, 0) is 0 Å². The minimum atomic E-state index is 0.0336. The van der Waals surface area contributed by atoms with E-state index in [4.69, 9.17) is 0 Å². The summed E-state index contributed by atoms with van der Waals surface area (Å²) in [7, 11) is 0. The van der Waals surface area contributed by atoms with Crippen molar-refractivity contribution in [1.29, 1.82) is 0 Å². The van der Waals surface area contributed by atoms with Gasteiger partial charge in [0.1, 0.15) is 5.83 Å². The van der Waals surface area contributed by atoms with Gasteiger partial charge in [-0.3, -0.25) is 0 Å². The molecule has 0 N–H and O–H groups in total. The first-order chi connectivity index (χ1) is 5.13. The van der Waals surface area contributed by atoms with Crippen molar-refractivity contribution in [3.63, 3.8) is 0 Å². The first-order valence-corrected chi connectivity index (χ1v) is 4.18. The molecule has 1 rings (SSSR count). The van der Waals surface area contributed by atoms with Crippen molar-refractivity contribution in [1.82, 2.24) is 0 Å². The molecule has 0 saturated heterocycles. The topological polar surface area (TPSA) is 0 Å². The Morgan fingerprint density at radius 3 is 2.55 bits per heavy atom. The number of hydrogen-bond donors (Lipinski definition) is 0. The maximum absolute atomic E-state index is 13.3. The Hall–Kier alpha value is -0.590. The molecule has 1 heteroatoms. The lowest BCUT2D eigenvalue weighted by molar-refractivity contribution is 0.578. The molecule has 0 saturated carbocycles. The molecule has 0 heterocycles. The fraction of sp³-hybridized carbons (Fsp3) is 0.600. The molecule has 0 nitrogen and oxygen atoms in total. The van der Waals surface area contributed by atoms with E-state index in [1.54, 1.807) is 0 Å². The molecule has 0 aromatic carbocycles. The van der Waals surface area contributed by atoms with Crippen LogP contribution in [0.4, 0.5) is 4.39 Å². The second-order valence-electron chi connectivity index (χ2n) is 3.45. The molecule has 0 radical (unpaired) electrons. The van der Waals surface area contributed by atoms with Crippen LogP contribution < -0.4 is 0 Å². The average molecular weight is 154 g/mol. The van der Waals surface area contributed by atoms with Gasteiger partial charge in [0.25, 0.3) is 0 Å². The fourth-order valence-electron chi connectivity index (χ4n) is 1.38. The molecule has 0 aliphatic heterocycles. The van der Waals surface area contributed by atoms with E-state index in [0.29, 0.717) is 5.92 Å². The Morgan fingerprint density at radius 1 is 1.45 bits per heavy atom. The molecular weight excluding hydrogens is 139 g/mol. The highest BCUT2D eigenvalue weighted by atomic mass is 19.1. The van der Waals surface area contributed by atoms with E-state index in [0.717, 1.165) is 24.0 Å². The molecule has 0 fully saturated rings. The van der Waals surface area contributed by atoms with Crippen molar-refractivity contribution in [3.05, 3.63) is 23.0 Å². The van der Waals surface area contributed by atoms with Gasteiger partial charge in [-0.25, -0.2) is 4.39 Å². The van der Waals surface area contributed by atoms with Gasteiger partial charge in [-0.15, -0.1) is 0 Å².